The minimum Gasteiger partial charge on any atom is -0.497 e. The molecule has 1 aliphatic heterocycles. The van der Waals surface area contributed by atoms with Gasteiger partial charge in [-0.25, -0.2) is 18.1 Å². The average molecular weight is 511 g/mol. The summed E-state index contributed by atoms with van der Waals surface area (Å²) in [5.74, 6) is 0.625. The Morgan fingerprint density at radius 2 is 1.97 bits per heavy atom. The van der Waals surface area contributed by atoms with E-state index >= 15 is 0 Å². The average Bonchev–Trinajstić information content (AvgIpc) is 3.10. The molecule has 2 N–H and O–H groups in total. The van der Waals surface area contributed by atoms with Gasteiger partial charge >= 0.3 is 0 Å². The van der Waals surface area contributed by atoms with Crippen molar-refractivity contribution in [3.63, 3.8) is 0 Å². The molecule has 0 spiro atoms. The quantitative estimate of drug-likeness (QED) is 0.521. The molecule has 0 unspecified atom stereocenters. The van der Waals surface area contributed by atoms with E-state index in [4.69, 9.17) is 9.72 Å². The van der Waals surface area contributed by atoms with Gasteiger partial charge in [-0.2, -0.15) is 0 Å². The second-order valence-electron chi connectivity index (χ2n) is 9.78. The Labute approximate surface area is 210 Å². The summed E-state index contributed by atoms with van der Waals surface area (Å²) in [6, 6.07) is 11.5. The lowest BCUT2D eigenvalue weighted by Crippen LogP contribution is -2.41. The van der Waals surface area contributed by atoms with Crippen molar-refractivity contribution < 1.29 is 17.9 Å². The molecule has 1 aliphatic rings. The molecule has 0 bridgehead atoms. The number of aryl methyl sites for hydroxylation is 1. The fourth-order valence-electron chi connectivity index (χ4n) is 4.84. The number of H-pyrrole nitrogens is 1. The van der Waals surface area contributed by atoms with Crippen LogP contribution in [-0.2, 0) is 10.0 Å². The number of hydrogen-bond donors (Lipinski definition) is 2. The molecule has 2 aromatic heterocycles. The first-order chi connectivity index (χ1) is 16.9. The van der Waals surface area contributed by atoms with Crippen molar-refractivity contribution >= 4 is 21.7 Å². The molecule has 4 rings (SSSR count). The van der Waals surface area contributed by atoms with Gasteiger partial charge in [-0.05, 0) is 81.1 Å². The summed E-state index contributed by atoms with van der Waals surface area (Å²) in [5, 5.41) is 0. The summed E-state index contributed by atoms with van der Waals surface area (Å²) < 4.78 is 33.0. The number of carbonyl (C=O) groups is 1. The van der Waals surface area contributed by atoms with Gasteiger partial charge in [0.15, 0.2) is 4.90 Å². The Kier molecular flexibility index (Phi) is 6.66. The number of anilines is 1. The molecule has 3 heterocycles. The van der Waals surface area contributed by atoms with Gasteiger partial charge in [0.1, 0.15) is 11.6 Å². The molecule has 0 aliphatic carbocycles. The number of rotatable bonds is 6. The van der Waals surface area contributed by atoms with E-state index in [1.165, 1.54) is 12.3 Å². The van der Waals surface area contributed by atoms with E-state index in [9.17, 15) is 18.0 Å². The zero-order valence-corrected chi connectivity index (χ0v) is 21.8. The molecular weight excluding hydrogens is 480 g/mol. The number of aromatic nitrogens is 2. The second kappa shape index (κ2) is 9.42. The topological polar surface area (TPSA) is 121 Å². The maximum Gasteiger partial charge on any atom is 0.269 e. The molecule has 36 heavy (non-hydrogen) atoms. The summed E-state index contributed by atoms with van der Waals surface area (Å²) in [4.78, 5) is 34.1. The first kappa shape index (κ1) is 25.4. The number of pyridine rings is 2. The van der Waals surface area contributed by atoms with Crippen molar-refractivity contribution in [1.82, 2.24) is 14.7 Å². The number of benzene rings is 1. The number of nitrogens with zero attached hydrogens (tertiary/aromatic N) is 2. The predicted octanol–water partition coefficient (Wildman–Crippen LogP) is 3.50. The third-order valence-electron chi connectivity index (χ3n) is 6.46. The number of nitrogens with one attached hydrogen (secondary N) is 2. The van der Waals surface area contributed by atoms with Gasteiger partial charge in [0.05, 0.1) is 18.4 Å². The van der Waals surface area contributed by atoms with Crippen LogP contribution in [0.4, 0.5) is 5.82 Å². The van der Waals surface area contributed by atoms with Crippen molar-refractivity contribution in [3.8, 4) is 17.0 Å². The molecule has 1 aromatic carbocycles. The molecule has 1 amide bonds. The molecule has 0 radical (unpaired) electrons. The van der Waals surface area contributed by atoms with Crippen LogP contribution < -0.4 is 19.9 Å². The predicted molar refractivity (Wildman–Crippen MR) is 138 cm³/mol. The minimum absolute atomic E-state index is 0.114. The Morgan fingerprint density at radius 1 is 1.22 bits per heavy atom. The van der Waals surface area contributed by atoms with E-state index in [1.807, 2.05) is 29.8 Å². The van der Waals surface area contributed by atoms with E-state index in [0.717, 1.165) is 29.4 Å². The molecule has 10 heteroatoms. The fraction of sp³-hybridized carbons (Fsp3) is 0.346. The first-order valence-corrected chi connectivity index (χ1v) is 13.1. The second-order valence-corrected chi connectivity index (χ2v) is 11.4. The van der Waals surface area contributed by atoms with Gasteiger partial charge in [0, 0.05) is 23.8 Å². The number of hydrogen-bond acceptors (Lipinski definition) is 7. The molecule has 3 aromatic rings. The van der Waals surface area contributed by atoms with Crippen molar-refractivity contribution in [2.24, 2.45) is 5.92 Å². The molecular formula is C26H30N4O5S. The molecule has 9 nitrogen and oxygen atoms in total. The van der Waals surface area contributed by atoms with Crippen LogP contribution in [0.3, 0.4) is 0 Å². The highest BCUT2D eigenvalue weighted by molar-refractivity contribution is 7.90. The fourth-order valence-corrected chi connectivity index (χ4v) is 5.87. The highest BCUT2D eigenvalue weighted by atomic mass is 32.2. The highest BCUT2D eigenvalue weighted by Gasteiger charge is 2.39. The van der Waals surface area contributed by atoms with E-state index in [0.29, 0.717) is 24.0 Å². The van der Waals surface area contributed by atoms with E-state index in [1.54, 1.807) is 19.2 Å². The number of carbonyl (C=O) groups excluding carboxylic acids is 1. The lowest BCUT2D eigenvalue weighted by molar-refractivity contribution is 0.0981. The normalized spacial score (nSPS) is 17.1. The van der Waals surface area contributed by atoms with Crippen LogP contribution in [0.1, 0.15) is 43.1 Å². The van der Waals surface area contributed by atoms with Crippen LogP contribution in [-0.4, -0.2) is 43.5 Å². The lowest BCUT2D eigenvalue weighted by atomic mass is 9.97. The zero-order chi connectivity index (χ0) is 26.3. The van der Waals surface area contributed by atoms with Crippen LogP contribution in [0.2, 0.25) is 0 Å². The highest BCUT2D eigenvalue weighted by Crippen LogP contribution is 2.38. The van der Waals surface area contributed by atoms with E-state index in [2.05, 4.69) is 30.7 Å². The SMILES string of the molecule is COc1ccc(-c2ccc(C(=O)NS(=O)(=O)c3ccc[nH]c3=O)c(N3C[C@@H](C)CC3(C)C)n2)c(C)c1. The van der Waals surface area contributed by atoms with Gasteiger partial charge in [0.25, 0.3) is 21.5 Å². The third-order valence-corrected chi connectivity index (χ3v) is 7.81. The van der Waals surface area contributed by atoms with E-state index < -0.39 is 26.4 Å². The zero-order valence-electron chi connectivity index (χ0n) is 21.0. The summed E-state index contributed by atoms with van der Waals surface area (Å²) >= 11 is 0. The Balaban J connectivity index is 1.80. The van der Waals surface area contributed by atoms with Gasteiger partial charge in [-0.3, -0.25) is 9.59 Å². The maximum absolute atomic E-state index is 13.3. The standard InChI is InChI=1S/C26H30N4O5S/c1-16-14-26(3,4)30(15-16)23-20(24(31)29-36(33,34)22-7-6-12-27-25(22)32)10-11-21(28-23)19-9-8-18(35-5)13-17(19)2/h6-13,16H,14-15H2,1-5H3,(H,27,32)(H,29,31)/t16-/m0/s1. The lowest BCUT2D eigenvalue weighted by Gasteiger charge is -2.34. The first-order valence-electron chi connectivity index (χ1n) is 11.6. The smallest absolute Gasteiger partial charge is 0.269 e. The van der Waals surface area contributed by atoms with E-state index in [-0.39, 0.29) is 11.1 Å². The molecule has 1 atom stereocenters. The third kappa shape index (κ3) is 4.86. The monoisotopic (exact) mass is 510 g/mol. The number of aromatic amines is 1. The van der Waals surface area contributed by atoms with Crippen LogP contribution >= 0.6 is 0 Å². The summed E-state index contributed by atoms with van der Waals surface area (Å²) in [5.41, 5.74) is 1.48. The van der Waals surface area contributed by atoms with Gasteiger partial charge in [-0.1, -0.05) is 6.92 Å². The number of ether oxygens (including phenoxy) is 1. The van der Waals surface area contributed by atoms with Crippen molar-refractivity contribution in [3.05, 3.63) is 70.1 Å². The summed E-state index contributed by atoms with van der Waals surface area (Å²) in [6.45, 7) is 8.89. The molecule has 0 saturated carbocycles. The Hall–Kier alpha value is -3.66. The molecule has 190 valence electrons. The maximum atomic E-state index is 13.3. The van der Waals surface area contributed by atoms with Crippen LogP contribution in [0.25, 0.3) is 11.3 Å². The van der Waals surface area contributed by atoms with Crippen LogP contribution in [0.5, 0.6) is 5.75 Å². The van der Waals surface area contributed by atoms with Gasteiger partial charge < -0.3 is 14.6 Å². The van der Waals surface area contributed by atoms with Crippen molar-refractivity contribution in [2.75, 3.05) is 18.6 Å². The summed E-state index contributed by atoms with van der Waals surface area (Å²) in [6.07, 6.45) is 2.21. The van der Waals surface area contributed by atoms with Crippen LogP contribution in [0.15, 0.2) is 58.4 Å². The van der Waals surface area contributed by atoms with Crippen molar-refractivity contribution in [2.45, 2.75) is 44.6 Å². The number of sulfonamides is 1. The van der Waals surface area contributed by atoms with Gasteiger partial charge in [-0.15, -0.1) is 0 Å². The largest absolute Gasteiger partial charge is 0.497 e. The molecule has 1 saturated heterocycles. The molecule has 1 fully saturated rings. The Morgan fingerprint density at radius 3 is 2.58 bits per heavy atom. The minimum atomic E-state index is -4.40. The van der Waals surface area contributed by atoms with Gasteiger partial charge in [0.2, 0.25) is 0 Å². The summed E-state index contributed by atoms with van der Waals surface area (Å²) in [7, 11) is -2.79. The van der Waals surface area contributed by atoms with Crippen molar-refractivity contribution in [1.29, 1.82) is 0 Å². The number of amides is 1. The number of methoxy groups -OCH3 is 1. The Bertz CT molecular complexity index is 1480. The van der Waals surface area contributed by atoms with Crippen LogP contribution in [0, 0.1) is 12.8 Å².